The summed E-state index contributed by atoms with van der Waals surface area (Å²) in [6, 6.07) is -0.0529. The lowest BCUT2D eigenvalue weighted by molar-refractivity contribution is 0.137. The van der Waals surface area contributed by atoms with Gasteiger partial charge in [0.15, 0.2) is 0 Å². The zero-order valence-corrected chi connectivity index (χ0v) is 14.1. The molecule has 2 aliphatic heterocycles. The lowest BCUT2D eigenvalue weighted by Gasteiger charge is -2.31. The number of carbonyl (C=O) groups is 1. The van der Waals surface area contributed by atoms with Gasteiger partial charge in [-0.25, -0.2) is 14.3 Å². The van der Waals surface area contributed by atoms with E-state index in [0.29, 0.717) is 38.5 Å². The van der Waals surface area contributed by atoms with Crippen LogP contribution in [0.15, 0.2) is 4.79 Å². The Balaban J connectivity index is 1.40. The molecule has 2 N–H and O–H groups in total. The van der Waals surface area contributed by atoms with Crippen LogP contribution in [0.1, 0.15) is 37.9 Å². The fraction of sp³-hybridized carbons (Fsp3) is 0.812. The van der Waals surface area contributed by atoms with Crippen LogP contribution in [0.2, 0.25) is 0 Å². The minimum atomic E-state index is -0.0529. The Hall–Kier alpha value is -1.83. The molecule has 0 bridgehead atoms. The largest absolute Gasteiger partial charge is 0.396 e. The number of aromatic nitrogens is 3. The monoisotopic (exact) mass is 337 g/mol. The van der Waals surface area contributed by atoms with Gasteiger partial charge < -0.3 is 15.3 Å². The maximum absolute atomic E-state index is 12.2. The summed E-state index contributed by atoms with van der Waals surface area (Å²) in [5.41, 5.74) is -0.0258. The predicted molar refractivity (Wildman–Crippen MR) is 88.8 cm³/mol. The standard InChI is InChI=1S/C16H27N5O3/c22-12-13-5-10-19(11-6-13)15(23)17-7-3-9-21-16(24)20-8-2-1-4-14(20)18-21/h13,22H,1-12H2,(H,17,23). The van der Waals surface area contributed by atoms with Crippen molar-refractivity contribution in [3.63, 3.8) is 0 Å². The second-order valence-corrected chi connectivity index (χ2v) is 6.73. The number of amides is 2. The third kappa shape index (κ3) is 3.80. The van der Waals surface area contributed by atoms with Gasteiger partial charge in [-0.15, -0.1) is 0 Å². The van der Waals surface area contributed by atoms with E-state index in [1.807, 2.05) is 0 Å². The van der Waals surface area contributed by atoms with Crippen molar-refractivity contribution in [2.24, 2.45) is 5.92 Å². The number of aryl methyl sites for hydroxylation is 2. The number of piperidine rings is 1. The van der Waals surface area contributed by atoms with Crippen molar-refractivity contribution < 1.29 is 9.90 Å². The van der Waals surface area contributed by atoms with Gasteiger partial charge >= 0.3 is 11.7 Å². The van der Waals surface area contributed by atoms with E-state index in [-0.39, 0.29) is 18.3 Å². The second kappa shape index (κ2) is 7.83. The average Bonchev–Trinajstić information content (AvgIpc) is 2.95. The highest BCUT2D eigenvalue weighted by Gasteiger charge is 2.22. The van der Waals surface area contributed by atoms with Gasteiger partial charge in [-0.1, -0.05) is 0 Å². The van der Waals surface area contributed by atoms with Crippen LogP contribution in [0.4, 0.5) is 4.79 Å². The smallest absolute Gasteiger partial charge is 0.345 e. The normalized spacial score (nSPS) is 18.5. The van der Waals surface area contributed by atoms with Gasteiger partial charge in [-0.05, 0) is 38.0 Å². The van der Waals surface area contributed by atoms with E-state index in [2.05, 4.69) is 10.4 Å². The molecule has 3 heterocycles. The van der Waals surface area contributed by atoms with E-state index in [0.717, 1.165) is 44.5 Å². The summed E-state index contributed by atoms with van der Waals surface area (Å²) in [7, 11) is 0. The molecule has 2 amide bonds. The molecule has 3 rings (SSSR count). The molecule has 8 nitrogen and oxygen atoms in total. The van der Waals surface area contributed by atoms with Crippen LogP contribution in [-0.4, -0.2) is 56.6 Å². The van der Waals surface area contributed by atoms with Gasteiger partial charge in [-0.3, -0.25) is 4.57 Å². The van der Waals surface area contributed by atoms with E-state index >= 15 is 0 Å². The first kappa shape index (κ1) is 17.0. The summed E-state index contributed by atoms with van der Waals surface area (Å²) < 4.78 is 3.30. The zero-order valence-electron chi connectivity index (χ0n) is 14.1. The fourth-order valence-electron chi connectivity index (χ4n) is 3.45. The van der Waals surface area contributed by atoms with Crippen molar-refractivity contribution in [3.8, 4) is 0 Å². The van der Waals surface area contributed by atoms with Crippen molar-refractivity contribution in [2.75, 3.05) is 26.2 Å². The van der Waals surface area contributed by atoms with Gasteiger partial charge in [0, 0.05) is 45.8 Å². The molecule has 8 heteroatoms. The summed E-state index contributed by atoms with van der Waals surface area (Å²) in [6.07, 6.45) is 5.43. The van der Waals surface area contributed by atoms with E-state index < -0.39 is 0 Å². The van der Waals surface area contributed by atoms with Crippen LogP contribution in [-0.2, 0) is 19.5 Å². The predicted octanol–water partition coefficient (Wildman–Crippen LogP) is 0.185. The summed E-state index contributed by atoms with van der Waals surface area (Å²) >= 11 is 0. The van der Waals surface area contributed by atoms with Crippen LogP contribution < -0.4 is 11.0 Å². The van der Waals surface area contributed by atoms with Crippen LogP contribution in [0.5, 0.6) is 0 Å². The van der Waals surface area contributed by atoms with Crippen LogP contribution >= 0.6 is 0 Å². The molecule has 1 aromatic rings. The quantitative estimate of drug-likeness (QED) is 0.750. The van der Waals surface area contributed by atoms with E-state index in [1.165, 1.54) is 4.68 Å². The molecule has 0 aliphatic carbocycles. The molecular formula is C16H27N5O3. The number of hydrogen-bond donors (Lipinski definition) is 2. The second-order valence-electron chi connectivity index (χ2n) is 6.73. The highest BCUT2D eigenvalue weighted by molar-refractivity contribution is 5.74. The number of nitrogens with one attached hydrogen (secondary N) is 1. The molecule has 134 valence electrons. The number of fused-ring (bicyclic) bond motifs is 1. The Labute approximate surface area is 141 Å². The van der Waals surface area contributed by atoms with Crippen LogP contribution in [0.3, 0.4) is 0 Å². The third-order valence-corrected chi connectivity index (χ3v) is 5.01. The van der Waals surface area contributed by atoms with Gasteiger partial charge in [0.25, 0.3) is 0 Å². The van der Waals surface area contributed by atoms with Gasteiger partial charge in [-0.2, -0.15) is 5.10 Å². The highest BCUT2D eigenvalue weighted by Crippen LogP contribution is 2.16. The maximum Gasteiger partial charge on any atom is 0.345 e. The first-order valence-electron chi connectivity index (χ1n) is 8.99. The number of rotatable bonds is 5. The fourth-order valence-corrected chi connectivity index (χ4v) is 3.45. The Bertz CT molecular complexity index is 616. The SMILES string of the molecule is O=C(NCCCn1nc2n(c1=O)CCCC2)N1CCC(CO)CC1. The topological polar surface area (TPSA) is 92.4 Å². The molecule has 0 aromatic carbocycles. The lowest BCUT2D eigenvalue weighted by atomic mass is 9.98. The summed E-state index contributed by atoms with van der Waals surface area (Å²) in [5, 5.41) is 16.4. The summed E-state index contributed by atoms with van der Waals surface area (Å²) in [5.74, 6) is 1.22. The molecule has 0 spiro atoms. The number of aliphatic hydroxyl groups excluding tert-OH is 1. The molecule has 0 radical (unpaired) electrons. The molecular weight excluding hydrogens is 310 g/mol. The van der Waals surface area contributed by atoms with Crippen LogP contribution in [0, 0.1) is 5.92 Å². The zero-order chi connectivity index (χ0) is 16.9. The molecule has 1 fully saturated rings. The van der Waals surface area contributed by atoms with Crippen molar-refractivity contribution in [3.05, 3.63) is 16.3 Å². The van der Waals surface area contributed by atoms with Crippen molar-refractivity contribution in [2.45, 2.75) is 51.6 Å². The van der Waals surface area contributed by atoms with Crippen molar-refractivity contribution >= 4 is 6.03 Å². The molecule has 0 saturated carbocycles. The third-order valence-electron chi connectivity index (χ3n) is 5.01. The maximum atomic E-state index is 12.2. The molecule has 1 aromatic heterocycles. The molecule has 1 saturated heterocycles. The number of hydrogen-bond acceptors (Lipinski definition) is 4. The first-order valence-corrected chi connectivity index (χ1v) is 8.99. The number of nitrogens with zero attached hydrogens (tertiary/aromatic N) is 4. The number of likely N-dealkylation sites (tertiary alicyclic amines) is 1. The van der Waals surface area contributed by atoms with E-state index in [9.17, 15) is 9.59 Å². The van der Waals surface area contributed by atoms with E-state index in [1.54, 1.807) is 9.47 Å². The highest BCUT2D eigenvalue weighted by atomic mass is 16.3. The van der Waals surface area contributed by atoms with Gasteiger partial charge in [0.05, 0.1) is 0 Å². The van der Waals surface area contributed by atoms with Gasteiger partial charge in [0.1, 0.15) is 5.82 Å². The number of carbonyl (C=O) groups excluding carboxylic acids is 1. The molecule has 0 unspecified atom stereocenters. The average molecular weight is 337 g/mol. The van der Waals surface area contributed by atoms with Gasteiger partial charge in [0.2, 0.25) is 0 Å². The van der Waals surface area contributed by atoms with E-state index in [4.69, 9.17) is 5.11 Å². The molecule has 0 atom stereocenters. The minimum Gasteiger partial charge on any atom is -0.396 e. The summed E-state index contributed by atoms with van der Waals surface area (Å²) in [6.45, 7) is 3.45. The Morgan fingerprint density at radius 1 is 1.25 bits per heavy atom. The number of urea groups is 1. The molecule has 24 heavy (non-hydrogen) atoms. The Morgan fingerprint density at radius 2 is 2.04 bits per heavy atom. The first-order chi connectivity index (χ1) is 11.7. The Morgan fingerprint density at radius 3 is 2.75 bits per heavy atom. The van der Waals surface area contributed by atoms with Crippen molar-refractivity contribution in [1.82, 2.24) is 24.6 Å². The minimum absolute atomic E-state index is 0.0258. The Kier molecular flexibility index (Phi) is 5.55. The van der Waals surface area contributed by atoms with Crippen molar-refractivity contribution in [1.29, 1.82) is 0 Å². The lowest BCUT2D eigenvalue weighted by Crippen LogP contribution is -2.45. The molecule has 2 aliphatic rings. The summed E-state index contributed by atoms with van der Waals surface area (Å²) in [4.78, 5) is 26.1. The number of aliphatic hydroxyl groups is 1. The van der Waals surface area contributed by atoms with Crippen LogP contribution in [0.25, 0.3) is 0 Å².